The van der Waals surface area contributed by atoms with Crippen LogP contribution in [0.25, 0.3) is 0 Å². The molecule has 1 aliphatic heterocycles. The van der Waals surface area contributed by atoms with Crippen LogP contribution in [-0.4, -0.2) is 72.8 Å². The molecule has 33 heavy (non-hydrogen) atoms. The van der Waals surface area contributed by atoms with E-state index in [0.717, 1.165) is 42.2 Å². The van der Waals surface area contributed by atoms with Gasteiger partial charge >= 0.3 is 0 Å². The lowest BCUT2D eigenvalue weighted by Crippen LogP contribution is -2.77. The number of aromatic nitrogens is 1. The second-order valence-corrected chi connectivity index (χ2v) is 10.9. The van der Waals surface area contributed by atoms with Gasteiger partial charge in [-0.2, -0.15) is 11.8 Å². The third-order valence-electron chi connectivity index (χ3n) is 7.35. The topological polar surface area (TPSA) is 70.1 Å². The Labute approximate surface area is 201 Å². The molecule has 0 aromatic carbocycles. The van der Waals surface area contributed by atoms with E-state index >= 15 is 0 Å². The van der Waals surface area contributed by atoms with E-state index in [9.17, 15) is 4.79 Å². The second kappa shape index (κ2) is 10.9. The third-order valence-corrected chi connectivity index (χ3v) is 8.60. The molecule has 3 fully saturated rings. The molecule has 2 aliphatic carbocycles. The van der Waals surface area contributed by atoms with E-state index in [1.165, 1.54) is 25.7 Å². The van der Waals surface area contributed by atoms with Crippen molar-refractivity contribution in [1.29, 1.82) is 0 Å². The average molecular weight is 479 g/mol. The third kappa shape index (κ3) is 5.50. The maximum Gasteiger partial charge on any atom is 0.259 e. The van der Waals surface area contributed by atoms with Gasteiger partial charge in [-0.1, -0.05) is 6.92 Å². The predicted octanol–water partition coefficient (Wildman–Crippen LogP) is 4.04. The van der Waals surface area contributed by atoms with Crippen molar-refractivity contribution in [3.05, 3.63) is 24.0 Å². The first-order valence-electron chi connectivity index (χ1n) is 12.2. The normalized spacial score (nSPS) is 26.5. The van der Waals surface area contributed by atoms with Gasteiger partial charge in [-0.3, -0.25) is 9.78 Å². The fourth-order valence-electron chi connectivity index (χ4n) is 5.22. The standard InChI is InChI=1S/C25H38N2O5S/c1-4-13-33-16-22-25(31-18-30-3,23(28)27(22)17-29-2)15-19-14-21(7-12-26-19)32-20-5-8-24(9-6-20)10-11-24/h7,12,14,20,22H,4-6,8-11,13,15-18H2,1-3H3/t22-,25+/m0/s1. The van der Waals surface area contributed by atoms with E-state index in [-0.39, 0.29) is 31.6 Å². The Morgan fingerprint density at radius 1 is 1.18 bits per heavy atom. The SMILES string of the molecule is CCCSC[C@@H]1N(COC)C(=O)[C@]1(Cc1cc(OC2CCC3(CC2)CC3)ccn1)OCOC. The van der Waals surface area contributed by atoms with E-state index in [0.29, 0.717) is 11.8 Å². The highest BCUT2D eigenvalue weighted by molar-refractivity contribution is 7.99. The summed E-state index contributed by atoms with van der Waals surface area (Å²) in [4.78, 5) is 19.6. The van der Waals surface area contributed by atoms with Crippen LogP contribution in [-0.2, 0) is 25.4 Å². The molecule has 3 aliphatic rings. The van der Waals surface area contributed by atoms with Crippen molar-refractivity contribution in [1.82, 2.24) is 9.88 Å². The minimum atomic E-state index is -0.996. The van der Waals surface area contributed by atoms with Crippen LogP contribution in [0.5, 0.6) is 5.75 Å². The molecule has 1 aromatic rings. The van der Waals surface area contributed by atoms with Gasteiger partial charge in [0, 0.05) is 44.4 Å². The van der Waals surface area contributed by atoms with Crippen molar-refractivity contribution in [2.45, 2.75) is 76.0 Å². The summed E-state index contributed by atoms with van der Waals surface area (Å²) in [7, 11) is 3.19. The lowest BCUT2D eigenvalue weighted by atomic mass is 9.79. The predicted molar refractivity (Wildman–Crippen MR) is 128 cm³/mol. The summed E-state index contributed by atoms with van der Waals surface area (Å²) in [5.74, 6) is 2.58. The van der Waals surface area contributed by atoms with Gasteiger partial charge in [0.2, 0.25) is 0 Å². The molecule has 7 nitrogen and oxygen atoms in total. The highest BCUT2D eigenvalue weighted by Gasteiger charge is 2.62. The molecule has 1 amide bonds. The van der Waals surface area contributed by atoms with Crippen LogP contribution >= 0.6 is 11.8 Å². The van der Waals surface area contributed by atoms with Gasteiger partial charge < -0.3 is 23.8 Å². The smallest absolute Gasteiger partial charge is 0.259 e. The molecule has 2 saturated carbocycles. The van der Waals surface area contributed by atoms with Crippen molar-refractivity contribution in [3.63, 3.8) is 0 Å². The fraction of sp³-hybridized carbons (Fsp3) is 0.760. The molecule has 184 valence electrons. The van der Waals surface area contributed by atoms with Crippen LogP contribution in [0.1, 0.15) is 57.6 Å². The molecule has 2 heterocycles. The number of likely N-dealkylation sites (tertiary alicyclic amines) is 1. The zero-order chi connectivity index (χ0) is 23.3. The average Bonchev–Trinajstić information content (AvgIpc) is 3.59. The van der Waals surface area contributed by atoms with E-state index < -0.39 is 5.60 Å². The molecular weight excluding hydrogens is 440 g/mol. The number of β-lactam (4-membered cyclic amide) rings is 1. The minimum Gasteiger partial charge on any atom is -0.490 e. The number of thioether (sulfide) groups is 1. The minimum absolute atomic E-state index is 0.0571. The number of amides is 1. The number of hydrogen-bond acceptors (Lipinski definition) is 7. The number of carbonyl (C=O) groups excluding carboxylic acids is 1. The van der Waals surface area contributed by atoms with Gasteiger partial charge in [0.05, 0.1) is 12.1 Å². The van der Waals surface area contributed by atoms with Gasteiger partial charge in [-0.15, -0.1) is 0 Å². The first-order chi connectivity index (χ1) is 16.1. The van der Waals surface area contributed by atoms with E-state index in [1.807, 2.05) is 23.9 Å². The number of carbonyl (C=O) groups is 1. The summed E-state index contributed by atoms with van der Waals surface area (Å²) in [6.45, 7) is 2.47. The van der Waals surface area contributed by atoms with Gasteiger partial charge in [0.25, 0.3) is 5.91 Å². The number of ether oxygens (including phenoxy) is 4. The van der Waals surface area contributed by atoms with E-state index in [1.54, 1.807) is 25.3 Å². The van der Waals surface area contributed by atoms with Gasteiger partial charge in [0.1, 0.15) is 19.3 Å². The van der Waals surface area contributed by atoms with Gasteiger partial charge in [0.15, 0.2) is 5.60 Å². The quantitative estimate of drug-likeness (QED) is 0.241. The monoisotopic (exact) mass is 478 g/mol. The molecule has 0 radical (unpaired) electrons. The Kier molecular flexibility index (Phi) is 8.20. The maximum absolute atomic E-state index is 13.3. The Bertz CT molecular complexity index is 795. The highest BCUT2D eigenvalue weighted by Crippen LogP contribution is 2.56. The Hall–Kier alpha value is -1.35. The Morgan fingerprint density at radius 2 is 1.97 bits per heavy atom. The molecule has 8 heteroatoms. The molecule has 0 bridgehead atoms. The van der Waals surface area contributed by atoms with Crippen molar-refractivity contribution in [2.24, 2.45) is 5.41 Å². The van der Waals surface area contributed by atoms with E-state index in [4.69, 9.17) is 18.9 Å². The fourth-order valence-corrected chi connectivity index (χ4v) is 6.34. The molecular formula is C25H38N2O5S. The summed E-state index contributed by atoms with van der Waals surface area (Å²) in [5.41, 5.74) is 0.455. The molecule has 2 atom stereocenters. The highest BCUT2D eigenvalue weighted by atomic mass is 32.2. The summed E-state index contributed by atoms with van der Waals surface area (Å²) in [5, 5.41) is 0. The summed E-state index contributed by atoms with van der Waals surface area (Å²) in [6.07, 6.45) is 11.1. The molecule has 0 unspecified atom stereocenters. The molecule has 1 spiro atoms. The molecule has 0 N–H and O–H groups in total. The number of pyridine rings is 1. The summed E-state index contributed by atoms with van der Waals surface area (Å²) in [6, 6.07) is 3.79. The zero-order valence-electron chi connectivity index (χ0n) is 20.2. The maximum atomic E-state index is 13.3. The first kappa shape index (κ1) is 24.8. The van der Waals surface area contributed by atoms with Crippen LogP contribution in [0.2, 0.25) is 0 Å². The van der Waals surface area contributed by atoms with Crippen LogP contribution < -0.4 is 4.74 Å². The number of nitrogens with zero attached hydrogens (tertiary/aromatic N) is 2. The second-order valence-electron chi connectivity index (χ2n) is 9.70. The molecule has 1 aromatic heterocycles. The lowest BCUT2D eigenvalue weighted by molar-refractivity contribution is -0.229. The van der Waals surface area contributed by atoms with E-state index in [2.05, 4.69) is 11.9 Å². The number of rotatable bonds is 13. The first-order valence-corrected chi connectivity index (χ1v) is 13.3. The zero-order valence-corrected chi connectivity index (χ0v) is 21.0. The summed E-state index contributed by atoms with van der Waals surface area (Å²) < 4.78 is 22.9. The van der Waals surface area contributed by atoms with Crippen molar-refractivity contribution in [3.8, 4) is 5.75 Å². The van der Waals surface area contributed by atoms with Crippen LogP contribution in [0.4, 0.5) is 0 Å². The molecule has 1 saturated heterocycles. The van der Waals surface area contributed by atoms with Crippen molar-refractivity contribution in [2.75, 3.05) is 39.2 Å². The van der Waals surface area contributed by atoms with Crippen LogP contribution in [0, 0.1) is 5.41 Å². The van der Waals surface area contributed by atoms with Crippen molar-refractivity contribution < 1.29 is 23.7 Å². The number of methoxy groups -OCH3 is 2. The Balaban J connectivity index is 1.46. The Morgan fingerprint density at radius 3 is 2.64 bits per heavy atom. The largest absolute Gasteiger partial charge is 0.490 e. The van der Waals surface area contributed by atoms with Crippen LogP contribution in [0.15, 0.2) is 18.3 Å². The summed E-state index contributed by atoms with van der Waals surface area (Å²) >= 11 is 1.83. The van der Waals surface area contributed by atoms with Gasteiger partial charge in [-0.25, -0.2) is 0 Å². The van der Waals surface area contributed by atoms with Crippen molar-refractivity contribution >= 4 is 17.7 Å². The van der Waals surface area contributed by atoms with Crippen LogP contribution in [0.3, 0.4) is 0 Å². The molecule has 4 rings (SSSR count). The number of hydrogen-bond donors (Lipinski definition) is 0. The lowest BCUT2D eigenvalue weighted by Gasteiger charge is -2.54. The van der Waals surface area contributed by atoms with Gasteiger partial charge in [-0.05, 0) is 62.2 Å².